The summed E-state index contributed by atoms with van der Waals surface area (Å²) in [5.41, 5.74) is 14.6. The third kappa shape index (κ3) is 36.3. The average Bonchev–Trinajstić information content (AvgIpc) is 4.57. The predicted molar refractivity (Wildman–Crippen MR) is 371 cm³/mol. The van der Waals surface area contributed by atoms with Gasteiger partial charge in [-0.15, -0.1) is 34.0 Å². The molecule has 1 aliphatic rings. The van der Waals surface area contributed by atoms with Crippen molar-refractivity contribution in [2.75, 3.05) is 0 Å². The summed E-state index contributed by atoms with van der Waals surface area (Å²) in [5, 5.41) is 6.32. The van der Waals surface area contributed by atoms with Gasteiger partial charge in [0.25, 0.3) is 0 Å². The third-order valence-electron chi connectivity index (χ3n) is 12.0. The molecule has 12 aromatic rings. The van der Waals surface area contributed by atoms with E-state index < -0.39 is 0 Å². The second-order valence-electron chi connectivity index (χ2n) is 19.5. The van der Waals surface area contributed by atoms with Gasteiger partial charge in [-0.2, -0.15) is 0 Å². The van der Waals surface area contributed by atoms with Crippen molar-refractivity contribution in [2.45, 2.75) is 121 Å². The van der Waals surface area contributed by atoms with Gasteiger partial charge < -0.3 is 0 Å². The van der Waals surface area contributed by atoms with E-state index in [9.17, 15) is 0 Å². The molecule has 0 N–H and O–H groups in total. The maximum absolute atomic E-state index is 4.33. The zero-order valence-corrected chi connectivity index (χ0v) is 54.6. The van der Waals surface area contributed by atoms with Gasteiger partial charge in [0, 0.05) is 65.0 Å². The highest BCUT2D eigenvalue weighted by atomic mass is 32.1. The molecule has 0 aliphatic heterocycles. The van der Waals surface area contributed by atoms with E-state index in [0.717, 1.165) is 39.8 Å². The Morgan fingerprint density at radius 2 is 1.01 bits per heavy atom. The van der Waals surface area contributed by atoms with Gasteiger partial charge in [-0.25, -0.2) is 4.98 Å². The lowest BCUT2D eigenvalue weighted by atomic mass is 10.1. The molecule has 5 aromatic carbocycles. The van der Waals surface area contributed by atoms with Gasteiger partial charge in [0.2, 0.25) is 0 Å². The largest absolute Gasteiger partial charge is 0.265 e. The topological polar surface area (TPSA) is 77.3 Å². The lowest BCUT2D eigenvalue weighted by molar-refractivity contribution is 0.911. The number of pyridine rings is 4. The lowest BCUT2D eigenvalue weighted by Crippen LogP contribution is -1.81. The van der Waals surface area contributed by atoms with Crippen molar-refractivity contribution in [3.05, 3.63) is 331 Å². The zero-order valence-electron chi connectivity index (χ0n) is 52.2. The van der Waals surface area contributed by atoms with Crippen LogP contribution in [0.1, 0.15) is 104 Å². The maximum atomic E-state index is 4.33. The summed E-state index contributed by atoms with van der Waals surface area (Å²) in [5.74, 6) is 0. The highest BCUT2D eigenvalue weighted by Gasteiger charge is 2.09. The first-order chi connectivity index (χ1) is 41.4. The van der Waals surface area contributed by atoms with E-state index >= 15 is 0 Å². The number of para-hydroxylation sites is 1. The van der Waals surface area contributed by atoms with E-state index in [1.807, 2.05) is 156 Å². The van der Waals surface area contributed by atoms with E-state index in [0.29, 0.717) is 0 Å². The smallest absolute Gasteiger partial charge is 0.0907 e. The van der Waals surface area contributed by atoms with Crippen LogP contribution >= 0.6 is 34.0 Å². The first kappa shape index (κ1) is 71.2. The van der Waals surface area contributed by atoms with Gasteiger partial charge in [0.1, 0.15) is 0 Å². The van der Waals surface area contributed by atoms with Crippen molar-refractivity contribution < 1.29 is 0 Å². The van der Waals surface area contributed by atoms with Crippen LogP contribution in [-0.4, -0.2) is 29.9 Å². The number of benzene rings is 5. The highest BCUT2D eigenvalue weighted by molar-refractivity contribution is 7.18. The number of aromatic nitrogens is 6. The van der Waals surface area contributed by atoms with Crippen LogP contribution in [0.4, 0.5) is 0 Å². The summed E-state index contributed by atoms with van der Waals surface area (Å²) in [6, 6.07) is 70.2. The Balaban J connectivity index is 0.000000246. The van der Waals surface area contributed by atoms with E-state index in [2.05, 4.69) is 180 Å². The molecule has 0 saturated heterocycles. The Bertz CT molecular complexity index is 3130. The second-order valence-corrected chi connectivity index (χ2v) is 23.0. The van der Waals surface area contributed by atoms with Crippen LogP contribution in [0.5, 0.6) is 0 Å². The first-order valence-corrected chi connectivity index (χ1v) is 31.8. The monoisotopic (exact) mass is 1180 g/mol. The van der Waals surface area contributed by atoms with Crippen molar-refractivity contribution in [1.29, 1.82) is 0 Å². The molecule has 0 atom stereocenters. The number of aryl methyl sites for hydroxylation is 13. The molecular weight excluding hydrogens is 1090 g/mol. The molecule has 0 radical (unpaired) electrons. The fraction of sp³-hybridized carbons (Fsp3) is 0.237. The van der Waals surface area contributed by atoms with Gasteiger partial charge in [-0.1, -0.05) is 184 Å². The standard InChI is InChI=1S/C10H12.C9H12.C8H7NS.C8H10.C7H9N.C7H8.3C6H7N.C5H6S.C4H5NS/c1-8-5-6-9-3-2-4-10(9)7-8;1-2-6-9-7-4-3-5-8-9;1-6-9-7-4-2-3-5-8(7)10-6;1-2-8-6-4-3-5-7-8;1-2-7-5-3-4-6-8-7;1-7-5-3-2-4-6-7;1-6-2-4-7-5-3-6;1-6-3-2-4-7-5-6;1-6-4-2-3-5-7-6;1-5-3-2-4-6-5;1-4-5-2-3-6-4/h5-7H,2-4H2,1H3;3-5,7-8H,2,6H2,1H3;2-5H,1H3;3-7H,2H2,1H3;3-6H,2H2,1H3;2-6H,1H3;3*2-5H,1H3;2-4H,1H3;2-3H,1H3. The predicted octanol–water partition coefficient (Wildman–Crippen LogP) is 21.3. The van der Waals surface area contributed by atoms with Crippen molar-refractivity contribution in [3.8, 4) is 0 Å². The lowest BCUT2D eigenvalue weighted by Gasteiger charge is -1.98. The van der Waals surface area contributed by atoms with E-state index in [1.54, 1.807) is 76.1 Å². The molecule has 0 unspecified atom stereocenters. The minimum Gasteiger partial charge on any atom is -0.265 e. The highest BCUT2D eigenvalue weighted by Crippen LogP contribution is 2.22. The fourth-order valence-electron chi connectivity index (χ4n) is 7.45. The molecule has 0 bridgehead atoms. The van der Waals surface area contributed by atoms with Crippen LogP contribution in [0.2, 0.25) is 0 Å². The molecule has 0 saturated carbocycles. The summed E-state index contributed by atoms with van der Waals surface area (Å²) in [7, 11) is 0. The minimum absolute atomic E-state index is 1.03. The zero-order chi connectivity index (χ0) is 61.4. The molecule has 0 spiro atoms. The number of nitrogens with zero attached hydrogens (tertiary/aromatic N) is 6. The number of rotatable bonds is 4. The molecule has 13 rings (SSSR count). The Morgan fingerprint density at radius 3 is 1.41 bits per heavy atom. The number of hydrogen-bond acceptors (Lipinski definition) is 9. The minimum atomic E-state index is 1.03. The van der Waals surface area contributed by atoms with Crippen LogP contribution in [0.3, 0.4) is 0 Å². The van der Waals surface area contributed by atoms with Gasteiger partial charge in [-0.05, 0) is 193 Å². The number of thiazole rings is 2. The summed E-state index contributed by atoms with van der Waals surface area (Å²) < 4.78 is 1.28. The van der Waals surface area contributed by atoms with Crippen LogP contribution in [0.15, 0.2) is 260 Å². The summed E-state index contributed by atoms with van der Waals surface area (Å²) in [6.45, 7) is 22.9. The quantitative estimate of drug-likeness (QED) is 0.175. The van der Waals surface area contributed by atoms with Crippen LogP contribution in [0, 0.1) is 55.4 Å². The molecule has 85 heavy (non-hydrogen) atoms. The van der Waals surface area contributed by atoms with E-state index in [1.165, 1.54) is 75.1 Å². The van der Waals surface area contributed by atoms with Crippen LogP contribution in [0.25, 0.3) is 10.2 Å². The second kappa shape index (κ2) is 46.3. The molecule has 7 aromatic heterocycles. The van der Waals surface area contributed by atoms with Crippen molar-refractivity contribution in [3.63, 3.8) is 0 Å². The van der Waals surface area contributed by atoms with Crippen molar-refractivity contribution >= 4 is 44.2 Å². The molecule has 1 aliphatic carbocycles. The van der Waals surface area contributed by atoms with Crippen LogP contribution in [-0.2, 0) is 32.1 Å². The van der Waals surface area contributed by atoms with Gasteiger partial charge in [0.15, 0.2) is 0 Å². The molecule has 7 heterocycles. The molecule has 442 valence electrons. The maximum Gasteiger partial charge on any atom is 0.0907 e. The number of hydrogen-bond donors (Lipinski definition) is 0. The summed E-state index contributed by atoms with van der Waals surface area (Å²) >= 11 is 5.19. The van der Waals surface area contributed by atoms with Crippen molar-refractivity contribution in [2.24, 2.45) is 0 Å². The molecule has 0 fully saturated rings. The SMILES string of the molecule is CCCc1ccccc1.CCc1ccccc1.CCc1ccccn1.Cc1ccc2c(c1)CCC2.Cc1ccccc1.Cc1ccccn1.Cc1cccnc1.Cc1cccs1.Cc1ccncc1.Cc1nc2ccccc2s1.Cc1nccs1. The average molecular weight is 1180 g/mol. The van der Waals surface area contributed by atoms with Gasteiger partial charge in [-0.3, -0.25) is 24.9 Å². The van der Waals surface area contributed by atoms with E-state index in [4.69, 9.17) is 0 Å². The van der Waals surface area contributed by atoms with Gasteiger partial charge in [0.05, 0.1) is 20.2 Å². The Labute approximate surface area is 523 Å². The molecular formula is C76H90N6S3. The van der Waals surface area contributed by atoms with Gasteiger partial charge >= 0.3 is 0 Å². The summed E-state index contributed by atoms with van der Waals surface area (Å²) in [6.07, 6.45) is 21.2. The first-order valence-electron chi connectivity index (χ1n) is 29.3. The van der Waals surface area contributed by atoms with Crippen LogP contribution < -0.4 is 0 Å². The Kier molecular flexibility index (Phi) is 38.8. The normalized spacial score (nSPS) is 9.87. The molecule has 9 heteroatoms. The van der Waals surface area contributed by atoms with Crippen molar-refractivity contribution in [1.82, 2.24) is 29.9 Å². The number of thiophene rings is 1. The Hall–Kier alpha value is -8.08. The molecule has 6 nitrogen and oxygen atoms in total. The number of fused-ring (bicyclic) bond motifs is 2. The fourth-order valence-corrected chi connectivity index (χ4v) is 9.25. The molecule has 0 amide bonds. The Morgan fingerprint density at radius 1 is 0.400 bits per heavy atom. The summed E-state index contributed by atoms with van der Waals surface area (Å²) in [4.78, 5) is 25.5. The van der Waals surface area contributed by atoms with E-state index in [-0.39, 0.29) is 0 Å². The third-order valence-corrected chi connectivity index (χ3v) is 14.5.